The molecule has 0 radical (unpaired) electrons. The van der Waals surface area contributed by atoms with Gasteiger partial charge in [0, 0.05) is 18.9 Å². The number of carboxylic acids is 1. The number of nitrogens with zero attached hydrogens (tertiary/aromatic N) is 2. The predicted octanol–water partition coefficient (Wildman–Crippen LogP) is 2.71. The third-order valence-corrected chi connectivity index (χ3v) is 4.42. The number of hydrogen-bond donors (Lipinski definition) is 2. The highest BCUT2D eigenvalue weighted by atomic mass is 16.5. The maximum atomic E-state index is 12.4. The molecular weight excluding hydrogens is 358 g/mol. The number of hydrogen-bond acceptors (Lipinski definition) is 4. The molecule has 0 aliphatic carbocycles. The second kappa shape index (κ2) is 8.56. The molecule has 3 aromatic rings. The van der Waals surface area contributed by atoms with Crippen LogP contribution in [0.15, 0.2) is 48.8 Å². The summed E-state index contributed by atoms with van der Waals surface area (Å²) < 4.78 is 7.15. The number of amides is 1. The lowest BCUT2D eigenvalue weighted by Gasteiger charge is -2.13. The van der Waals surface area contributed by atoms with Gasteiger partial charge >= 0.3 is 5.97 Å². The Bertz CT molecular complexity index is 979. The van der Waals surface area contributed by atoms with E-state index in [0.29, 0.717) is 18.7 Å². The predicted molar refractivity (Wildman–Crippen MR) is 105 cm³/mol. The first kappa shape index (κ1) is 19.4. The number of rotatable bonds is 8. The van der Waals surface area contributed by atoms with Crippen LogP contribution in [-0.2, 0) is 11.2 Å². The number of ether oxygens (including phenoxy) is 1. The maximum absolute atomic E-state index is 12.4. The van der Waals surface area contributed by atoms with E-state index in [1.807, 2.05) is 56.4 Å². The number of aromatic nitrogens is 2. The summed E-state index contributed by atoms with van der Waals surface area (Å²) in [5.41, 5.74) is 2.85. The van der Waals surface area contributed by atoms with E-state index in [0.717, 1.165) is 16.9 Å². The second-order valence-electron chi connectivity index (χ2n) is 6.62. The molecule has 7 heteroatoms. The number of carbonyl (C=O) groups is 2. The fourth-order valence-electron chi connectivity index (χ4n) is 2.92. The Morgan fingerprint density at radius 2 is 2.00 bits per heavy atom. The SMILES string of the molecule is CCOc1ccc(CC(CNC(=O)c2cn3ccc(C)cc3n2)C(=O)O)cc1. The molecule has 3 rings (SSSR count). The minimum absolute atomic E-state index is 0.0221. The number of imidazole rings is 1. The fourth-order valence-corrected chi connectivity index (χ4v) is 2.92. The van der Waals surface area contributed by atoms with Crippen LogP contribution in [0.3, 0.4) is 0 Å². The first-order valence-corrected chi connectivity index (χ1v) is 9.14. The van der Waals surface area contributed by atoms with Crippen LogP contribution in [0.2, 0.25) is 0 Å². The zero-order valence-corrected chi connectivity index (χ0v) is 15.9. The molecule has 2 heterocycles. The Morgan fingerprint density at radius 1 is 1.25 bits per heavy atom. The molecule has 0 spiro atoms. The van der Waals surface area contributed by atoms with Crippen LogP contribution in [0.4, 0.5) is 0 Å². The molecule has 2 N–H and O–H groups in total. The Labute approximate surface area is 163 Å². The lowest BCUT2D eigenvalue weighted by atomic mass is 9.99. The summed E-state index contributed by atoms with van der Waals surface area (Å²) in [5.74, 6) is -1.34. The van der Waals surface area contributed by atoms with Crippen LogP contribution in [-0.4, -0.2) is 39.5 Å². The van der Waals surface area contributed by atoms with E-state index in [1.165, 1.54) is 0 Å². The van der Waals surface area contributed by atoms with Gasteiger partial charge < -0.3 is 19.6 Å². The molecule has 1 atom stereocenters. The molecule has 1 amide bonds. The second-order valence-corrected chi connectivity index (χ2v) is 6.62. The minimum Gasteiger partial charge on any atom is -0.494 e. The molecule has 0 saturated carbocycles. The molecule has 0 bridgehead atoms. The smallest absolute Gasteiger partial charge is 0.308 e. The zero-order valence-electron chi connectivity index (χ0n) is 15.9. The Kier molecular flexibility index (Phi) is 5.93. The molecule has 0 aliphatic heterocycles. The molecule has 1 unspecified atom stereocenters. The van der Waals surface area contributed by atoms with Crippen molar-refractivity contribution in [2.45, 2.75) is 20.3 Å². The van der Waals surface area contributed by atoms with Gasteiger partial charge in [0.15, 0.2) is 0 Å². The average Bonchev–Trinajstić information content (AvgIpc) is 3.09. The van der Waals surface area contributed by atoms with Crippen LogP contribution in [0.5, 0.6) is 5.75 Å². The van der Waals surface area contributed by atoms with Crippen molar-refractivity contribution in [3.8, 4) is 5.75 Å². The summed E-state index contributed by atoms with van der Waals surface area (Å²) in [6.45, 7) is 4.45. The van der Waals surface area contributed by atoms with Crippen LogP contribution in [0, 0.1) is 12.8 Å². The molecular formula is C21H23N3O4. The van der Waals surface area contributed by atoms with E-state index in [2.05, 4.69) is 10.3 Å². The van der Waals surface area contributed by atoms with Gasteiger partial charge in [0.25, 0.3) is 5.91 Å². The molecule has 28 heavy (non-hydrogen) atoms. The molecule has 0 aliphatic rings. The summed E-state index contributed by atoms with van der Waals surface area (Å²) in [7, 11) is 0. The highest BCUT2D eigenvalue weighted by Gasteiger charge is 2.20. The van der Waals surface area contributed by atoms with Gasteiger partial charge in [0.1, 0.15) is 17.1 Å². The van der Waals surface area contributed by atoms with Crippen LogP contribution < -0.4 is 10.1 Å². The molecule has 7 nitrogen and oxygen atoms in total. The highest BCUT2D eigenvalue weighted by molar-refractivity contribution is 5.93. The molecule has 1 aromatic carbocycles. The van der Waals surface area contributed by atoms with Crippen LogP contribution in [0.1, 0.15) is 28.5 Å². The number of aryl methyl sites for hydroxylation is 1. The van der Waals surface area contributed by atoms with E-state index < -0.39 is 11.9 Å². The Hall–Kier alpha value is -3.35. The van der Waals surface area contributed by atoms with Gasteiger partial charge in [0.2, 0.25) is 0 Å². The van der Waals surface area contributed by atoms with Crippen molar-refractivity contribution in [2.75, 3.05) is 13.2 Å². The lowest BCUT2D eigenvalue weighted by molar-refractivity contribution is -0.141. The van der Waals surface area contributed by atoms with Gasteiger partial charge in [-0.15, -0.1) is 0 Å². The molecule has 2 aromatic heterocycles. The van der Waals surface area contributed by atoms with Gasteiger partial charge in [-0.3, -0.25) is 9.59 Å². The van der Waals surface area contributed by atoms with Crippen molar-refractivity contribution in [3.05, 3.63) is 65.6 Å². The van der Waals surface area contributed by atoms with Gasteiger partial charge in [-0.1, -0.05) is 12.1 Å². The van der Waals surface area contributed by atoms with Crippen molar-refractivity contribution in [2.24, 2.45) is 5.92 Å². The third-order valence-electron chi connectivity index (χ3n) is 4.42. The maximum Gasteiger partial charge on any atom is 0.308 e. The fraction of sp³-hybridized carbons (Fsp3) is 0.286. The number of carboxylic acid groups (broad SMARTS) is 1. The van der Waals surface area contributed by atoms with E-state index in [1.54, 1.807) is 10.6 Å². The van der Waals surface area contributed by atoms with E-state index in [4.69, 9.17) is 4.74 Å². The van der Waals surface area contributed by atoms with Crippen molar-refractivity contribution < 1.29 is 19.4 Å². The van der Waals surface area contributed by atoms with Crippen molar-refractivity contribution >= 4 is 17.5 Å². The van der Waals surface area contributed by atoms with Crippen LogP contribution in [0.25, 0.3) is 5.65 Å². The lowest BCUT2D eigenvalue weighted by Crippen LogP contribution is -2.34. The Balaban J connectivity index is 1.63. The first-order valence-electron chi connectivity index (χ1n) is 9.14. The minimum atomic E-state index is -0.959. The third kappa shape index (κ3) is 4.68. The summed E-state index contributed by atoms with van der Waals surface area (Å²) in [4.78, 5) is 28.3. The van der Waals surface area contributed by atoms with Gasteiger partial charge in [-0.25, -0.2) is 4.98 Å². The van der Waals surface area contributed by atoms with E-state index in [-0.39, 0.29) is 18.1 Å². The van der Waals surface area contributed by atoms with E-state index >= 15 is 0 Å². The topological polar surface area (TPSA) is 92.9 Å². The summed E-state index contributed by atoms with van der Waals surface area (Å²) in [5, 5.41) is 12.2. The van der Waals surface area contributed by atoms with Gasteiger partial charge in [0.05, 0.1) is 12.5 Å². The number of aliphatic carboxylic acids is 1. The largest absolute Gasteiger partial charge is 0.494 e. The highest BCUT2D eigenvalue weighted by Crippen LogP contribution is 2.15. The van der Waals surface area contributed by atoms with Crippen molar-refractivity contribution in [1.82, 2.24) is 14.7 Å². The molecule has 146 valence electrons. The number of carbonyl (C=O) groups excluding carboxylic acids is 1. The quantitative estimate of drug-likeness (QED) is 0.626. The number of fused-ring (bicyclic) bond motifs is 1. The zero-order chi connectivity index (χ0) is 20.1. The molecule has 0 fully saturated rings. The van der Waals surface area contributed by atoms with Crippen molar-refractivity contribution in [3.63, 3.8) is 0 Å². The van der Waals surface area contributed by atoms with Gasteiger partial charge in [-0.2, -0.15) is 0 Å². The van der Waals surface area contributed by atoms with Gasteiger partial charge in [-0.05, 0) is 55.7 Å². The summed E-state index contributed by atoms with van der Waals surface area (Å²) in [6, 6.07) is 11.1. The Morgan fingerprint density at radius 3 is 2.68 bits per heavy atom. The molecule has 0 saturated heterocycles. The number of pyridine rings is 1. The van der Waals surface area contributed by atoms with Crippen LogP contribution >= 0.6 is 0 Å². The normalized spacial score (nSPS) is 11.9. The number of benzene rings is 1. The summed E-state index contributed by atoms with van der Waals surface area (Å²) in [6.07, 6.45) is 3.78. The standard InChI is InChI=1S/C21H23N3O4/c1-3-28-17-6-4-15(5-7-17)11-16(21(26)27)12-22-20(25)18-13-24-9-8-14(2)10-19(24)23-18/h4-10,13,16H,3,11-12H2,1-2H3,(H,22,25)(H,26,27). The summed E-state index contributed by atoms with van der Waals surface area (Å²) >= 11 is 0. The van der Waals surface area contributed by atoms with Crippen molar-refractivity contribution in [1.29, 1.82) is 0 Å². The first-order chi connectivity index (χ1) is 13.5. The number of nitrogens with one attached hydrogen (secondary N) is 1. The monoisotopic (exact) mass is 381 g/mol. The van der Waals surface area contributed by atoms with E-state index in [9.17, 15) is 14.7 Å². The average molecular weight is 381 g/mol.